The molecule has 1 saturated carbocycles. The third-order valence-corrected chi connectivity index (χ3v) is 4.21. The maximum Gasteiger partial charge on any atom is 0.255 e. The predicted molar refractivity (Wildman–Crippen MR) is 84.7 cm³/mol. The second kappa shape index (κ2) is 6.89. The van der Waals surface area contributed by atoms with Gasteiger partial charge in [0.2, 0.25) is 5.91 Å². The number of nitrogens with one attached hydrogen (secondary N) is 2. The lowest BCUT2D eigenvalue weighted by Crippen LogP contribution is -2.47. The zero-order valence-corrected chi connectivity index (χ0v) is 13.3. The van der Waals surface area contributed by atoms with Crippen molar-refractivity contribution in [3.05, 3.63) is 23.8 Å². The fourth-order valence-corrected chi connectivity index (χ4v) is 2.55. The predicted octanol–water partition coefficient (Wildman–Crippen LogP) is 1.49. The van der Waals surface area contributed by atoms with E-state index in [4.69, 9.17) is 9.47 Å². The van der Waals surface area contributed by atoms with E-state index in [9.17, 15) is 9.59 Å². The highest BCUT2D eigenvalue weighted by Gasteiger charge is 2.25. The lowest BCUT2D eigenvalue weighted by atomic mass is 10.1. The van der Waals surface area contributed by atoms with Gasteiger partial charge in [-0.25, -0.2) is 0 Å². The van der Waals surface area contributed by atoms with Crippen molar-refractivity contribution >= 4 is 11.8 Å². The number of methoxy groups -OCH3 is 1. The maximum absolute atomic E-state index is 12.5. The molecule has 1 saturated heterocycles. The van der Waals surface area contributed by atoms with E-state index in [1.165, 1.54) is 12.8 Å². The molecule has 2 amide bonds. The third-order valence-electron chi connectivity index (χ3n) is 4.21. The number of ether oxygens (including phenoxy) is 2. The first-order valence-corrected chi connectivity index (χ1v) is 8.04. The number of rotatable bonds is 6. The van der Waals surface area contributed by atoms with Crippen LogP contribution in [0.1, 0.15) is 36.0 Å². The van der Waals surface area contributed by atoms with Crippen LogP contribution in [-0.2, 0) is 4.79 Å². The van der Waals surface area contributed by atoms with Gasteiger partial charge in [0.05, 0.1) is 19.3 Å². The van der Waals surface area contributed by atoms with Crippen molar-refractivity contribution in [2.45, 2.75) is 31.7 Å². The SMILES string of the molecule is COc1ccc(C(=O)N[C@@H]2CCC(=O)NC2)c(OCC2CC2)c1. The molecule has 124 valence electrons. The van der Waals surface area contributed by atoms with E-state index < -0.39 is 0 Å². The minimum atomic E-state index is -0.181. The van der Waals surface area contributed by atoms with Crippen molar-refractivity contribution in [2.24, 2.45) is 5.92 Å². The summed E-state index contributed by atoms with van der Waals surface area (Å²) in [5.41, 5.74) is 0.503. The number of hydrogen-bond donors (Lipinski definition) is 2. The first-order chi connectivity index (χ1) is 11.2. The summed E-state index contributed by atoms with van der Waals surface area (Å²) in [5, 5.41) is 5.73. The summed E-state index contributed by atoms with van der Waals surface area (Å²) in [4.78, 5) is 23.7. The van der Waals surface area contributed by atoms with Gasteiger partial charge in [0.25, 0.3) is 5.91 Å². The largest absolute Gasteiger partial charge is 0.497 e. The zero-order valence-electron chi connectivity index (χ0n) is 13.3. The van der Waals surface area contributed by atoms with Crippen molar-refractivity contribution in [3.63, 3.8) is 0 Å². The molecule has 2 N–H and O–H groups in total. The van der Waals surface area contributed by atoms with Gasteiger partial charge in [0, 0.05) is 25.1 Å². The van der Waals surface area contributed by atoms with Crippen molar-refractivity contribution in [1.29, 1.82) is 0 Å². The Bertz CT molecular complexity index is 588. The van der Waals surface area contributed by atoms with E-state index >= 15 is 0 Å². The normalized spacial score (nSPS) is 20.6. The van der Waals surface area contributed by atoms with Gasteiger partial charge in [-0.15, -0.1) is 0 Å². The summed E-state index contributed by atoms with van der Waals surface area (Å²) in [6, 6.07) is 5.18. The molecular formula is C17H22N2O4. The second-order valence-corrected chi connectivity index (χ2v) is 6.13. The Morgan fingerprint density at radius 2 is 2.17 bits per heavy atom. The number of carbonyl (C=O) groups is 2. The molecular weight excluding hydrogens is 296 g/mol. The molecule has 23 heavy (non-hydrogen) atoms. The van der Waals surface area contributed by atoms with E-state index in [1.807, 2.05) is 0 Å². The van der Waals surface area contributed by atoms with Gasteiger partial charge in [-0.2, -0.15) is 0 Å². The Labute approximate surface area is 135 Å². The Kier molecular flexibility index (Phi) is 4.69. The molecule has 0 spiro atoms. The van der Waals surface area contributed by atoms with Gasteiger partial charge in [0.15, 0.2) is 0 Å². The molecule has 2 fully saturated rings. The summed E-state index contributed by atoms with van der Waals surface area (Å²) < 4.78 is 11.0. The topological polar surface area (TPSA) is 76.7 Å². The van der Waals surface area contributed by atoms with Crippen molar-refractivity contribution in [1.82, 2.24) is 10.6 Å². The molecule has 3 rings (SSSR count). The molecule has 0 aromatic heterocycles. The van der Waals surface area contributed by atoms with E-state index in [-0.39, 0.29) is 17.9 Å². The monoisotopic (exact) mass is 318 g/mol. The maximum atomic E-state index is 12.5. The average Bonchev–Trinajstić information content (AvgIpc) is 3.39. The summed E-state index contributed by atoms with van der Waals surface area (Å²) in [6.45, 7) is 1.10. The van der Waals surface area contributed by atoms with Crippen molar-refractivity contribution < 1.29 is 19.1 Å². The Balaban J connectivity index is 1.68. The molecule has 0 unspecified atom stereocenters. The van der Waals surface area contributed by atoms with Crippen molar-refractivity contribution in [2.75, 3.05) is 20.3 Å². The van der Waals surface area contributed by atoms with Gasteiger partial charge in [0.1, 0.15) is 11.5 Å². The molecule has 0 radical (unpaired) electrons. The van der Waals surface area contributed by atoms with Crippen LogP contribution >= 0.6 is 0 Å². The number of piperidine rings is 1. The van der Waals surface area contributed by atoms with Crippen LogP contribution in [0.3, 0.4) is 0 Å². The van der Waals surface area contributed by atoms with Crippen LogP contribution in [0.2, 0.25) is 0 Å². The summed E-state index contributed by atoms with van der Waals surface area (Å²) in [6.07, 6.45) is 3.48. The molecule has 1 aromatic rings. The van der Waals surface area contributed by atoms with Gasteiger partial charge in [-0.3, -0.25) is 9.59 Å². The summed E-state index contributed by atoms with van der Waals surface area (Å²) in [5.74, 6) is 1.67. The molecule has 1 heterocycles. The lowest BCUT2D eigenvalue weighted by Gasteiger charge is -2.24. The highest BCUT2D eigenvalue weighted by atomic mass is 16.5. The summed E-state index contributed by atoms with van der Waals surface area (Å²) >= 11 is 0. The standard InChI is InChI=1S/C17H22N2O4/c1-22-13-5-6-14(15(8-13)23-10-11-2-3-11)17(21)19-12-4-7-16(20)18-9-12/h5-6,8,11-12H,2-4,7,9-10H2,1H3,(H,18,20)(H,19,21)/t12-/m1/s1. The van der Waals surface area contributed by atoms with Crippen LogP contribution in [-0.4, -0.2) is 38.1 Å². The Morgan fingerprint density at radius 3 is 2.83 bits per heavy atom. The number of carbonyl (C=O) groups excluding carboxylic acids is 2. The highest BCUT2D eigenvalue weighted by Crippen LogP contribution is 2.31. The van der Waals surface area contributed by atoms with Crippen molar-refractivity contribution in [3.8, 4) is 11.5 Å². The van der Waals surface area contributed by atoms with Gasteiger partial charge in [-0.1, -0.05) is 0 Å². The zero-order chi connectivity index (χ0) is 16.2. The fraction of sp³-hybridized carbons (Fsp3) is 0.529. The minimum absolute atomic E-state index is 0.0356. The molecule has 0 bridgehead atoms. The van der Waals surface area contributed by atoms with Gasteiger partial charge in [-0.05, 0) is 37.3 Å². The smallest absolute Gasteiger partial charge is 0.255 e. The van der Waals surface area contributed by atoms with E-state index in [1.54, 1.807) is 25.3 Å². The van der Waals surface area contributed by atoms with Crippen LogP contribution in [0.5, 0.6) is 11.5 Å². The quantitative estimate of drug-likeness (QED) is 0.833. The second-order valence-electron chi connectivity index (χ2n) is 6.13. The van der Waals surface area contributed by atoms with E-state index in [2.05, 4.69) is 10.6 Å². The van der Waals surface area contributed by atoms with Crippen LogP contribution < -0.4 is 20.1 Å². The van der Waals surface area contributed by atoms with Crippen LogP contribution in [0, 0.1) is 5.92 Å². The number of benzene rings is 1. The van der Waals surface area contributed by atoms with Crippen LogP contribution in [0.15, 0.2) is 18.2 Å². The summed E-state index contributed by atoms with van der Waals surface area (Å²) in [7, 11) is 1.59. The molecule has 6 heteroatoms. The average molecular weight is 318 g/mol. The molecule has 1 aliphatic carbocycles. The third kappa shape index (κ3) is 4.15. The number of hydrogen-bond acceptors (Lipinski definition) is 4. The molecule has 2 aliphatic rings. The molecule has 1 atom stereocenters. The molecule has 1 aromatic carbocycles. The van der Waals surface area contributed by atoms with Gasteiger partial charge < -0.3 is 20.1 Å². The van der Waals surface area contributed by atoms with E-state index in [0.29, 0.717) is 49.0 Å². The molecule has 6 nitrogen and oxygen atoms in total. The Morgan fingerprint density at radius 1 is 1.35 bits per heavy atom. The van der Waals surface area contributed by atoms with Crippen LogP contribution in [0.4, 0.5) is 0 Å². The lowest BCUT2D eigenvalue weighted by molar-refractivity contribution is -0.122. The first kappa shape index (κ1) is 15.6. The first-order valence-electron chi connectivity index (χ1n) is 8.04. The van der Waals surface area contributed by atoms with Crippen LogP contribution in [0.25, 0.3) is 0 Å². The number of amides is 2. The van der Waals surface area contributed by atoms with Gasteiger partial charge >= 0.3 is 0 Å². The molecule has 1 aliphatic heterocycles. The highest BCUT2D eigenvalue weighted by molar-refractivity contribution is 5.97. The fourth-order valence-electron chi connectivity index (χ4n) is 2.55. The van der Waals surface area contributed by atoms with E-state index in [0.717, 1.165) is 0 Å². The minimum Gasteiger partial charge on any atom is -0.497 e. The Hall–Kier alpha value is -2.24.